The van der Waals surface area contributed by atoms with Crippen LogP contribution in [0.4, 0.5) is 5.82 Å². The van der Waals surface area contributed by atoms with Gasteiger partial charge in [0.2, 0.25) is 11.6 Å². The summed E-state index contributed by atoms with van der Waals surface area (Å²) in [4.78, 5) is 14.9. The van der Waals surface area contributed by atoms with E-state index in [0.29, 0.717) is 16.6 Å². The predicted molar refractivity (Wildman–Crippen MR) is 127 cm³/mol. The van der Waals surface area contributed by atoms with Crippen molar-refractivity contribution < 1.29 is 9.42 Å². The van der Waals surface area contributed by atoms with E-state index in [-0.39, 0.29) is 16.9 Å². The number of anilines is 1. The van der Waals surface area contributed by atoms with Crippen LogP contribution in [0.5, 0.6) is 0 Å². The maximum Gasteiger partial charge on any atom is 0.272 e. The highest BCUT2D eigenvalue weighted by molar-refractivity contribution is 8.19. The van der Waals surface area contributed by atoms with Gasteiger partial charge in [0.05, 0.1) is 16.3 Å². The average molecular weight is 460 g/mol. The van der Waals surface area contributed by atoms with E-state index in [2.05, 4.69) is 24.2 Å². The van der Waals surface area contributed by atoms with Gasteiger partial charge in [0.15, 0.2) is 5.17 Å². The molecule has 4 heterocycles. The van der Waals surface area contributed by atoms with Crippen LogP contribution < -0.4 is 4.90 Å². The Bertz CT molecular complexity index is 1340. The van der Waals surface area contributed by atoms with Gasteiger partial charge in [-0.05, 0) is 64.8 Å². The molecular weight excluding hydrogens is 438 g/mol. The molecule has 3 aromatic heterocycles. The summed E-state index contributed by atoms with van der Waals surface area (Å²) in [5.41, 5.74) is 2.69. The lowest BCUT2D eigenvalue weighted by Crippen LogP contribution is -2.29. The van der Waals surface area contributed by atoms with Gasteiger partial charge in [0.25, 0.3) is 5.91 Å². The molecule has 1 aliphatic heterocycles. The van der Waals surface area contributed by atoms with Crippen LogP contribution in [0.25, 0.3) is 17.6 Å². The van der Waals surface area contributed by atoms with Crippen LogP contribution in [0.3, 0.4) is 0 Å². The van der Waals surface area contributed by atoms with E-state index in [1.807, 2.05) is 53.3 Å². The normalized spacial score (nSPS) is 15.4. The maximum absolute atomic E-state index is 13.3. The summed E-state index contributed by atoms with van der Waals surface area (Å²) in [6, 6.07) is 13.5. The number of amides is 1. The van der Waals surface area contributed by atoms with E-state index in [1.165, 1.54) is 4.90 Å². The zero-order valence-electron chi connectivity index (χ0n) is 18.0. The number of benzene rings is 1. The summed E-state index contributed by atoms with van der Waals surface area (Å²) in [6.45, 7) is 4.26. The fraction of sp³-hybridized carbons (Fsp3) is 0.174. The third-order valence-electron chi connectivity index (χ3n) is 5.07. The summed E-state index contributed by atoms with van der Waals surface area (Å²) >= 11 is 1.08. The summed E-state index contributed by atoms with van der Waals surface area (Å²) in [6.07, 6.45) is 8.03. The lowest BCUT2D eigenvalue weighted by molar-refractivity contribution is -0.113. The van der Waals surface area contributed by atoms with Crippen LogP contribution >= 0.6 is 11.8 Å². The summed E-state index contributed by atoms with van der Waals surface area (Å²) in [5, 5.41) is 21.0. The molecule has 1 fully saturated rings. The highest BCUT2D eigenvalue weighted by Gasteiger charge is 2.38. The first-order valence-corrected chi connectivity index (χ1v) is 11.3. The molecule has 9 nitrogen and oxygen atoms in total. The first kappa shape index (κ1) is 21.0. The molecule has 1 N–H and O–H groups in total. The van der Waals surface area contributed by atoms with Gasteiger partial charge in [0, 0.05) is 24.2 Å². The van der Waals surface area contributed by atoms with Crippen LogP contribution in [-0.4, -0.2) is 35.7 Å². The minimum atomic E-state index is -0.350. The smallest absolute Gasteiger partial charge is 0.272 e. The van der Waals surface area contributed by atoms with Gasteiger partial charge in [0.1, 0.15) is 0 Å². The Balaban J connectivity index is 1.51. The van der Waals surface area contributed by atoms with Crippen molar-refractivity contribution in [1.82, 2.24) is 24.7 Å². The number of hydrogen-bond donors (Lipinski definition) is 1. The number of nitrogens with one attached hydrogen (secondary N) is 1. The number of amidine groups is 1. The molecule has 10 heteroatoms. The average Bonchev–Trinajstić information content (AvgIpc) is 3.57. The van der Waals surface area contributed by atoms with Crippen molar-refractivity contribution in [2.24, 2.45) is 5.92 Å². The Labute approximate surface area is 194 Å². The van der Waals surface area contributed by atoms with Gasteiger partial charge in [-0.25, -0.2) is 14.2 Å². The lowest BCUT2D eigenvalue weighted by atomic mass is 10.1. The number of rotatable bonds is 6. The first-order valence-electron chi connectivity index (χ1n) is 10.4. The molecule has 1 amide bonds. The zero-order chi connectivity index (χ0) is 22.9. The molecule has 4 aromatic rings. The molecule has 0 spiro atoms. The van der Waals surface area contributed by atoms with Crippen LogP contribution in [0, 0.1) is 11.3 Å². The summed E-state index contributed by atoms with van der Waals surface area (Å²) < 4.78 is 8.40. The fourth-order valence-corrected chi connectivity index (χ4v) is 4.41. The number of nitrogens with zero attached hydrogens (tertiary/aromatic N) is 6. The van der Waals surface area contributed by atoms with Crippen LogP contribution in [0.15, 0.2) is 70.6 Å². The van der Waals surface area contributed by atoms with Gasteiger partial charge in [-0.15, -0.1) is 0 Å². The fourth-order valence-electron chi connectivity index (χ4n) is 3.58. The lowest BCUT2D eigenvalue weighted by Gasteiger charge is -2.11. The molecule has 0 unspecified atom stereocenters. The highest BCUT2D eigenvalue weighted by atomic mass is 32.2. The van der Waals surface area contributed by atoms with Crippen molar-refractivity contribution in [3.63, 3.8) is 0 Å². The molecule has 0 saturated carbocycles. The number of para-hydroxylation sites is 1. The Hall–Kier alpha value is -3.92. The second kappa shape index (κ2) is 8.55. The number of carbonyl (C=O) groups excluding carboxylic acids is 1. The number of hydrogen-bond acceptors (Lipinski definition) is 7. The van der Waals surface area contributed by atoms with Gasteiger partial charge >= 0.3 is 0 Å². The molecule has 5 rings (SSSR count). The molecule has 0 bridgehead atoms. The Morgan fingerprint density at radius 1 is 1.09 bits per heavy atom. The van der Waals surface area contributed by atoms with E-state index in [1.54, 1.807) is 23.0 Å². The van der Waals surface area contributed by atoms with Crippen molar-refractivity contribution in [3.8, 4) is 11.5 Å². The Morgan fingerprint density at radius 3 is 2.55 bits per heavy atom. The zero-order valence-corrected chi connectivity index (χ0v) is 18.9. The Morgan fingerprint density at radius 2 is 1.82 bits per heavy atom. The van der Waals surface area contributed by atoms with Crippen molar-refractivity contribution >= 4 is 34.7 Å². The van der Waals surface area contributed by atoms with Crippen molar-refractivity contribution in [1.29, 1.82) is 5.41 Å². The predicted octanol–water partition coefficient (Wildman–Crippen LogP) is 4.30. The molecule has 0 radical (unpaired) electrons. The number of carbonyl (C=O) groups is 1. The molecule has 166 valence electrons. The number of thioether (sulfide) groups is 1. The molecule has 33 heavy (non-hydrogen) atoms. The van der Waals surface area contributed by atoms with Gasteiger partial charge < -0.3 is 4.57 Å². The third-order valence-corrected chi connectivity index (χ3v) is 5.96. The molecule has 0 atom stereocenters. The molecular formula is C23H21N7O2S. The van der Waals surface area contributed by atoms with E-state index in [0.717, 1.165) is 35.1 Å². The quantitative estimate of drug-likeness (QED) is 0.431. The SMILES string of the molecule is CC(C)Cc1nn(-c2ccccc2)cc1/C=C1\SC(=N)N(c2nonc2-n2cccc2)C1=O. The van der Waals surface area contributed by atoms with Crippen LogP contribution in [0.2, 0.25) is 0 Å². The van der Waals surface area contributed by atoms with Crippen molar-refractivity contribution in [3.05, 3.63) is 77.2 Å². The summed E-state index contributed by atoms with van der Waals surface area (Å²) in [5.74, 6) is 0.572. The van der Waals surface area contributed by atoms with Crippen molar-refractivity contribution in [2.75, 3.05) is 4.90 Å². The monoisotopic (exact) mass is 459 g/mol. The van der Waals surface area contributed by atoms with Gasteiger partial charge in [-0.3, -0.25) is 10.2 Å². The maximum atomic E-state index is 13.3. The van der Waals surface area contributed by atoms with Gasteiger partial charge in [-0.1, -0.05) is 32.0 Å². The van der Waals surface area contributed by atoms with Crippen LogP contribution in [-0.2, 0) is 11.2 Å². The molecule has 1 aromatic carbocycles. The summed E-state index contributed by atoms with van der Waals surface area (Å²) in [7, 11) is 0. The van der Waals surface area contributed by atoms with E-state index < -0.39 is 0 Å². The van der Waals surface area contributed by atoms with Crippen molar-refractivity contribution in [2.45, 2.75) is 20.3 Å². The Kier molecular flexibility index (Phi) is 5.43. The topological polar surface area (TPSA) is 106 Å². The number of aromatic nitrogens is 5. The minimum Gasteiger partial charge on any atom is -0.303 e. The molecule has 1 aliphatic rings. The van der Waals surface area contributed by atoms with E-state index in [4.69, 9.17) is 15.1 Å². The third kappa shape index (κ3) is 4.00. The first-order chi connectivity index (χ1) is 16.0. The van der Waals surface area contributed by atoms with Gasteiger partial charge in [-0.2, -0.15) is 5.10 Å². The second-order valence-corrected chi connectivity index (χ2v) is 9.00. The molecule has 1 saturated heterocycles. The van der Waals surface area contributed by atoms with Crippen LogP contribution in [0.1, 0.15) is 25.1 Å². The highest BCUT2D eigenvalue weighted by Crippen LogP contribution is 2.37. The largest absolute Gasteiger partial charge is 0.303 e. The second-order valence-electron chi connectivity index (χ2n) is 7.97. The standard InChI is InChI=1S/C23H21N7O2S/c1-15(2)12-18-16(14-29(25-18)17-8-4-3-5-9-17)13-19-22(31)30(23(24)33-19)21-20(26-32-27-21)28-10-6-7-11-28/h3-11,13-15,24H,12H2,1-2H3/b19-13-,24-23?. The molecule has 0 aliphatic carbocycles. The minimum absolute atomic E-state index is 0.0382. The van der Waals surface area contributed by atoms with E-state index >= 15 is 0 Å². The van der Waals surface area contributed by atoms with E-state index in [9.17, 15) is 4.79 Å².